The third kappa shape index (κ3) is 5.51. The van der Waals surface area contributed by atoms with E-state index < -0.39 is 0 Å². The lowest BCUT2D eigenvalue weighted by Crippen LogP contribution is -2.17. The van der Waals surface area contributed by atoms with Gasteiger partial charge in [0, 0.05) is 33.2 Å². The number of hydrogen-bond donors (Lipinski definition) is 1. The molecular weight excluding hydrogens is 434 g/mol. The molecule has 0 aliphatic heterocycles. The van der Waals surface area contributed by atoms with Gasteiger partial charge in [0.05, 0.1) is 6.21 Å². The van der Waals surface area contributed by atoms with Crippen molar-refractivity contribution in [3.63, 3.8) is 0 Å². The molecule has 0 saturated carbocycles. The molecule has 0 fully saturated rings. The Morgan fingerprint density at radius 2 is 1.61 bits per heavy atom. The molecule has 0 spiro atoms. The topological polar surface area (TPSA) is 55.6 Å². The Morgan fingerprint density at radius 1 is 0.939 bits per heavy atom. The predicted octanol–water partition coefficient (Wildman–Crippen LogP) is 6.09. The van der Waals surface area contributed by atoms with E-state index in [1.54, 1.807) is 18.3 Å². The van der Waals surface area contributed by atoms with E-state index in [1.807, 2.05) is 60.7 Å². The molecule has 0 aliphatic carbocycles. The molecule has 5 nitrogen and oxygen atoms in total. The van der Waals surface area contributed by atoms with Crippen molar-refractivity contribution in [2.75, 3.05) is 0 Å². The molecule has 0 radical (unpaired) electrons. The lowest BCUT2D eigenvalue weighted by molar-refractivity contribution is 0.0955. The lowest BCUT2D eigenvalue weighted by atomic mass is 10.2. The van der Waals surface area contributed by atoms with Crippen LogP contribution in [0.4, 0.5) is 0 Å². The van der Waals surface area contributed by atoms with E-state index in [0.717, 1.165) is 28.2 Å². The van der Waals surface area contributed by atoms with Crippen LogP contribution < -0.4 is 10.2 Å². The number of carbonyl (C=O) groups excluding carboxylic acids is 1. The van der Waals surface area contributed by atoms with E-state index in [-0.39, 0.29) is 5.91 Å². The minimum Gasteiger partial charge on any atom is -0.488 e. The number of hydrogen-bond acceptors (Lipinski definition) is 3. The summed E-state index contributed by atoms with van der Waals surface area (Å²) in [6.45, 7) is 4.51. The summed E-state index contributed by atoms with van der Waals surface area (Å²) in [7, 11) is 0. The smallest absolute Gasteiger partial charge is 0.271 e. The molecule has 4 rings (SSSR count). The Kier molecular flexibility index (Phi) is 6.91. The maximum atomic E-state index is 12.5. The number of aromatic nitrogens is 1. The Hall–Kier alpha value is -3.83. The first kappa shape index (κ1) is 22.4. The van der Waals surface area contributed by atoms with Crippen molar-refractivity contribution < 1.29 is 9.53 Å². The molecule has 6 heteroatoms. The summed E-state index contributed by atoms with van der Waals surface area (Å²) in [6, 6.07) is 26.6. The number of rotatable bonds is 7. The molecular formula is C27H24ClN3O2. The first-order valence-electron chi connectivity index (χ1n) is 10.6. The van der Waals surface area contributed by atoms with Crippen LogP contribution in [0, 0.1) is 13.8 Å². The third-order valence-electron chi connectivity index (χ3n) is 5.26. The van der Waals surface area contributed by atoms with Crippen LogP contribution in [0.2, 0.25) is 5.02 Å². The lowest BCUT2D eigenvalue weighted by Gasteiger charge is -2.10. The van der Waals surface area contributed by atoms with E-state index in [2.05, 4.69) is 41.1 Å². The van der Waals surface area contributed by atoms with Gasteiger partial charge < -0.3 is 9.30 Å². The number of hydrazone groups is 1. The van der Waals surface area contributed by atoms with Crippen molar-refractivity contribution >= 4 is 23.7 Å². The second-order valence-electron chi connectivity index (χ2n) is 7.65. The fourth-order valence-electron chi connectivity index (χ4n) is 3.52. The van der Waals surface area contributed by atoms with Crippen molar-refractivity contribution in [3.8, 4) is 11.4 Å². The normalized spacial score (nSPS) is 11.0. The van der Waals surface area contributed by atoms with Crippen LogP contribution in [0.1, 0.15) is 32.9 Å². The van der Waals surface area contributed by atoms with Crippen LogP contribution in [0.5, 0.6) is 5.75 Å². The van der Waals surface area contributed by atoms with Gasteiger partial charge in [-0.25, -0.2) is 5.43 Å². The highest BCUT2D eigenvalue weighted by Crippen LogP contribution is 2.19. The van der Waals surface area contributed by atoms with Crippen LogP contribution in [0.3, 0.4) is 0 Å². The summed E-state index contributed by atoms with van der Waals surface area (Å²) in [4.78, 5) is 12.5. The van der Waals surface area contributed by atoms with Gasteiger partial charge in [0.2, 0.25) is 0 Å². The van der Waals surface area contributed by atoms with Crippen LogP contribution >= 0.6 is 11.6 Å². The molecule has 1 N–H and O–H groups in total. The first-order valence-corrected chi connectivity index (χ1v) is 10.9. The Morgan fingerprint density at radius 3 is 2.30 bits per heavy atom. The highest BCUT2D eigenvalue weighted by molar-refractivity contribution is 6.30. The summed E-state index contributed by atoms with van der Waals surface area (Å²) in [5, 5.41) is 4.81. The maximum Gasteiger partial charge on any atom is 0.271 e. The maximum absolute atomic E-state index is 12.5. The zero-order valence-electron chi connectivity index (χ0n) is 18.5. The number of halogens is 1. The molecule has 0 saturated heterocycles. The van der Waals surface area contributed by atoms with Gasteiger partial charge in [-0.3, -0.25) is 4.79 Å². The number of amides is 1. The number of aryl methyl sites for hydroxylation is 2. The minimum atomic E-state index is -0.279. The summed E-state index contributed by atoms with van der Waals surface area (Å²) >= 11 is 5.93. The molecule has 0 bridgehead atoms. The number of nitrogens with zero attached hydrogens (tertiary/aromatic N) is 2. The van der Waals surface area contributed by atoms with Crippen molar-refractivity contribution in [2.45, 2.75) is 20.5 Å². The molecule has 1 heterocycles. The Labute approximate surface area is 198 Å². The highest BCUT2D eigenvalue weighted by Gasteiger charge is 2.08. The SMILES string of the molecule is Cc1ccc(C)n1-c1ccc(C(=O)NN=Cc2ccccc2OCc2ccc(Cl)cc2)cc1. The van der Waals surface area contributed by atoms with Gasteiger partial charge in [-0.05, 0) is 80.1 Å². The van der Waals surface area contributed by atoms with Crippen LogP contribution in [-0.2, 0) is 6.61 Å². The summed E-state index contributed by atoms with van der Waals surface area (Å²) in [5.41, 5.74) is 8.20. The number of nitrogens with one attached hydrogen (secondary N) is 1. The van der Waals surface area contributed by atoms with E-state index in [4.69, 9.17) is 16.3 Å². The molecule has 3 aromatic carbocycles. The van der Waals surface area contributed by atoms with Gasteiger partial charge in [-0.1, -0.05) is 35.9 Å². The van der Waals surface area contributed by atoms with E-state index in [1.165, 1.54) is 0 Å². The summed E-state index contributed by atoms with van der Waals surface area (Å²) in [5.74, 6) is 0.394. The van der Waals surface area contributed by atoms with Gasteiger partial charge in [0.25, 0.3) is 5.91 Å². The number of para-hydroxylation sites is 1. The average Bonchev–Trinajstić information content (AvgIpc) is 3.17. The number of ether oxygens (including phenoxy) is 1. The standard InChI is InChI=1S/C27H24ClN3O2/c1-19-7-8-20(2)31(19)25-15-11-22(12-16-25)27(32)30-29-17-23-5-3-4-6-26(23)33-18-21-9-13-24(28)14-10-21/h3-17H,18H2,1-2H3,(H,30,32). The fraction of sp³-hybridized carbons (Fsp3) is 0.111. The third-order valence-corrected chi connectivity index (χ3v) is 5.51. The molecule has 33 heavy (non-hydrogen) atoms. The zero-order chi connectivity index (χ0) is 23.2. The van der Waals surface area contributed by atoms with Crippen molar-refractivity contribution in [1.29, 1.82) is 0 Å². The second kappa shape index (κ2) is 10.2. The van der Waals surface area contributed by atoms with Gasteiger partial charge in [-0.15, -0.1) is 0 Å². The summed E-state index contributed by atoms with van der Waals surface area (Å²) < 4.78 is 8.06. The van der Waals surface area contributed by atoms with E-state index in [0.29, 0.717) is 22.9 Å². The van der Waals surface area contributed by atoms with Crippen LogP contribution in [0.25, 0.3) is 5.69 Å². The number of carbonyl (C=O) groups is 1. The fourth-order valence-corrected chi connectivity index (χ4v) is 3.65. The first-order chi connectivity index (χ1) is 16.0. The molecule has 166 valence electrons. The van der Waals surface area contributed by atoms with Gasteiger partial charge in [0.1, 0.15) is 12.4 Å². The molecule has 1 amide bonds. The molecule has 1 aromatic heterocycles. The Balaban J connectivity index is 1.39. The largest absolute Gasteiger partial charge is 0.488 e. The van der Waals surface area contributed by atoms with Crippen molar-refractivity contribution in [1.82, 2.24) is 9.99 Å². The highest BCUT2D eigenvalue weighted by atomic mass is 35.5. The van der Waals surface area contributed by atoms with Crippen LogP contribution in [0.15, 0.2) is 90.0 Å². The summed E-state index contributed by atoms with van der Waals surface area (Å²) in [6.07, 6.45) is 1.58. The monoisotopic (exact) mass is 457 g/mol. The van der Waals surface area contributed by atoms with E-state index in [9.17, 15) is 4.79 Å². The van der Waals surface area contributed by atoms with Crippen molar-refractivity contribution in [2.24, 2.45) is 5.10 Å². The predicted molar refractivity (Wildman–Crippen MR) is 133 cm³/mol. The minimum absolute atomic E-state index is 0.279. The second-order valence-corrected chi connectivity index (χ2v) is 8.09. The van der Waals surface area contributed by atoms with Gasteiger partial charge in [0.15, 0.2) is 0 Å². The Bertz CT molecular complexity index is 1260. The molecule has 0 aliphatic rings. The number of benzene rings is 3. The zero-order valence-corrected chi connectivity index (χ0v) is 19.2. The molecule has 4 aromatic rings. The van der Waals surface area contributed by atoms with Gasteiger partial charge >= 0.3 is 0 Å². The average molecular weight is 458 g/mol. The van der Waals surface area contributed by atoms with Crippen LogP contribution in [-0.4, -0.2) is 16.7 Å². The molecule has 0 unspecified atom stereocenters. The van der Waals surface area contributed by atoms with E-state index >= 15 is 0 Å². The molecule has 0 atom stereocenters. The van der Waals surface area contributed by atoms with Crippen molar-refractivity contribution in [3.05, 3.63) is 118 Å². The van der Waals surface area contributed by atoms with Gasteiger partial charge in [-0.2, -0.15) is 5.10 Å². The quantitative estimate of drug-likeness (QED) is 0.269.